The highest BCUT2D eigenvalue weighted by molar-refractivity contribution is 5.90. The van der Waals surface area contributed by atoms with E-state index in [1.807, 2.05) is 0 Å². The molecule has 176 valence electrons. The van der Waals surface area contributed by atoms with E-state index in [4.69, 9.17) is 25.1 Å². The molecule has 0 atom stereocenters. The predicted octanol–water partition coefficient (Wildman–Crippen LogP) is 0.277. The van der Waals surface area contributed by atoms with Gasteiger partial charge in [0, 0.05) is 6.54 Å². The molecule has 0 fully saturated rings. The fourth-order valence-electron chi connectivity index (χ4n) is 3.51. The lowest BCUT2D eigenvalue weighted by Gasteiger charge is -2.23. The standard InChI is InChI=1S/C21H21N7O6/c22-20-25-17-14(18-24-16(26-28(18)20)15-4-2-10-33-15)11-23-27(17)9-1-3-12-5-7-13(8-6-12)34-21(31,32)19(29)30/h2,4-8,10-11,19,29-32H,1,3,9H2,(H2,22,25). The van der Waals surface area contributed by atoms with Crippen LogP contribution in [0.1, 0.15) is 12.0 Å². The van der Waals surface area contributed by atoms with E-state index in [1.165, 1.54) is 16.6 Å². The van der Waals surface area contributed by atoms with Gasteiger partial charge in [-0.15, -0.1) is 5.10 Å². The zero-order valence-corrected chi connectivity index (χ0v) is 17.7. The average Bonchev–Trinajstić information content (AvgIpc) is 3.54. The Morgan fingerprint density at radius 1 is 1.09 bits per heavy atom. The van der Waals surface area contributed by atoms with Gasteiger partial charge in [0.25, 0.3) is 0 Å². The first-order chi connectivity index (χ1) is 16.3. The minimum atomic E-state index is -3.09. The first-order valence-electron chi connectivity index (χ1n) is 10.3. The third kappa shape index (κ3) is 4.04. The normalized spacial score (nSPS) is 12.3. The molecule has 0 aliphatic rings. The third-order valence-electron chi connectivity index (χ3n) is 5.20. The molecule has 0 aliphatic heterocycles. The molecule has 0 saturated carbocycles. The van der Waals surface area contributed by atoms with Crippen molar-refractivity contribution in [3.05, 3.63) is 54.4 Å². The average molecular weight is 467 g/mol. The monoisotopic (exact) mass is 467 g/mol. The largest absolute Gasteiger partial charge is 0.461 e. The Kier molecular flexibility index (Phi) is 5.37. The van der Waals surface area contributed by atoms with Crippen LogP contribution in [0.4, 0.5) is 5.95 Å². The van der Waals surface area contributed by atoms with Gasteiger partial charge >= 0.3 is 5.97 Å². The number of nitrogens with two attached hydrogens (primary N) is 1. The summed E-state index contributed by atoms with van der Waals surface area (Å²) in [4.78, 5) is 8.98. The van der Waals surface area contributed by atoms with E-state index in [0.717, 1.165) is 12.0 Å². The van der Waals surface area contributed by atoms with Gasteiger partial charge in [-0.2, -0.15) is 14.6 Å². The van der Waals surface area contributed by atoms with Crippen LogP contribution in [0.2, 0.25) is 0 Å². The number of furan rings is 1. The van der Waals surface area contributed by atoms with Crippen molar-refractivity contribution in [2.24, 2.45) is 0 Å². The van der Waals surface area contributed by atoms with E-state index in [1.54, 1.807) is 41.4 Å². The van der Waals surface area contributed by atoms with Crippen molar-refractivity contribution in [1.82, 2.24) is 29.4 Å². The maximum absolute atomic E-state index is 9.38. The van der Waals surface area contributed by atoms with Crippen LogP contribution >= 0.6 is 0 Å². The van der Waals surface area contributed by atoms with Crippen LogP contribution in [0.5, 0.6) is 5.75 Å². The topological polar surface area (TPSA) is 190 Å². The number of fused-ring (bicyclic) bond motifs is 3. The summed E-state index contributed by atoms with van der Waals surface area (Å²) in [5, 5.41) is 46.1. The minimum absolute atomic E-state index is 0.0748. The molecule has 0 saturated heterocycles. The third-order valence-corrected chi connectivity index (χ3v) is 5.20. The van der Waals surface area contributed by atoms with Gasteiger partial charge in [-0.25, -0.2) is 9.67 Å². The number of aromatic nitrogens is 6. The van der Waals surface area contributed by atoms with Gasteiger partial charge in [-0.3, -0.25) is 0 Å². The number of ether oxygens (including phenoxy) is 1. The number of hydrogen-bond donors (Lipinski definition) is 5. The van der Waals surface area contributed by atoms with Crippen LogP contribution in [-0.2, 0) is 13.0 Å². The lowest BCUT2D eigenvalue weighted by molar-refractivity contribution is -0.381. The van der Waals surface area contributed by atoms with Crippen LogP contribution < -0.4 is 10.5 Å². The molecule has 13 nitrogen and oxygen atoms in total. The van der Waals surface area contributed by atoms with Crippen LogP contribution in [0.15, 0.2) is 53.3 Å². The quantitative estimate of drug-likeness (QED) is 0.197. The highest BCUT2D eigenvalue weighted by atomic mass is 16.8. The smallest absolute Gasteiger partial charge is 0.376 e. The first kappa shape index (κ1) is 21.8. The van der Waals surface area contributed by atoms with E-state index in [2.05, 4.69) is 20.2 Å². The maximum Gasteiger partial charge on any atom is 0.376 e. The Morgan fingerprint density at radius 2 is 1.88 bits per heavy atom. The second-order valence-electron chi connectivity index (χ2n) is 7.60. The van der Waals surface area contributed by atoms with Crippen molar-refractivity contribution in [3.63, 3.8) is 0 Å². The van der Waals surface area contributed by atoms with E-state index in [-0.39, 0.29) is 11.7 Å². The summed E-state index contributed by atoms with van der Waals surface area (Å²) >= 11 is 0. The number of aliphatic hydroxyl groups excluding tert-OH is 1. The number of benzene rings is 1. The molecule has 5 aromatic rings. The van der Waals surface area contributed by atoms with Crippen molar-refractivity contribution in [1.29, 1.82) is 0 Å². The highest BCUT2D eigenvalue weighted by Gasteiger charge is 2.34. The molecule has 0 amide bonds. The van der Waals surface area contributed by atoms with E-state index >= 15 is 0 Å². The molecular weight excluding hydrogens is 446 g/mol. The molecule has 5 rings (SSSR count). The summed E-state index contributed by atoms with van der Waals surface area (Å²) in [6.07, 6.45) is 2.18. The molecule has 4 heterocycles. The SMILES string of the molecule is Nc1nc2c(cnn2CCCc2ccc(OC(O)(O)C(O)O)cc2)c2nc(-c3ccco3)nn12. The molecule has 0 bridgehead atoms. The molecule has 0 spiro atoms. The number of anilines is 1. The van der Waals surface area contributed by atoms with Crippen molar-refractivity contribution >= 4 is 22.6 Å². The lowest BCUT2D eigenvalue weighted by atomic mass is 10.1. The summed E-state index contributed by atoms with van der Waals surface area (Å²) < 4.78 is 13.3. The zero-order valence-electron chi connectivity index (χ0n) is 17.7. The molecule has 4 aromatic heterocycles. The Labute approximate surface area is 191 Å². The number of hydrogen-bond acceptors (Lipinski definition) is 11. The second-order valence-corrected chi connectivity index (χ2v) is 7.60. The molecule has 0 aliphatic carbocycles. The lowest BCUT2D eigenvalue weighted by Crippen LogP contribution is -2.47. The van der Waals surface area contributed by atoms with Gasteiger partial charge in [0.05, 0.1) is 17.8 Å². The van der Waals surface area contributed by atoms with Gasteiger partial charge in [-0.1, -0.05) is 12.1 Å². The molecule has 0 unspecified atom stereocenters. The highest BCUT2D eigenvalue weighted by Crippen LogP contribution is 2.24. The molecular formula is C21H21N7O6. The first-order valence-corrected chi connectivity index (χ1v) is 10.3. The minimum Gasteiger partial charge on any atom is -0.461 e. The Bertz CT molecular complexity index is 1420. The molecule has 6 N–H and O–H groups in total. The number of rotatable bonds is 8. The van der Waals surface area contributed by atoms with Crippen LogP contribution in [0, 0.1) is 0 Å². The number of aryl methyl sites for hydroxylation is 2. The molecule has 1 aromatic carbocycles. The number of nitrogen functional groups attached to an aromatic ring is 1. The van der Waals surface area contributed by atoms with Crippen molar-refractivity contribution in [2.45, 2.75) is 31.6 Å². The molecule has 13 heteroatoms. The summed E-state index contributed by atoms with van der Waals surface area (Å²) in [6, 6.07) is 10.00. The van der Waals surface area contributed by atoms with E-state index < -0.39 is 12.3 Å². The fourth-order valence-corrected chi connectivity index (χ4v) is 3.51. The summed E-state index contributed by atoms with van der Waals surface area (Å²) in [7, 11) is 0. The summed E-state index contributed by atoms with van der Waals surface area (Å²) in [5.74, 6) is -1.91. The van der Waals surface area contributed by atoms with Crippen LogP contribution in [-0.4, -0.2) is 62.1 Å². The fraction of sp³-hybridized carbons (Fsp3) is 0.238. The van der Waals surface area contributed by atoms with Crippen LogP contribution in [0.25, 0.3) is 28.3 Å². The zero-order chi connectivity index (χ0) is 23.9. The maximum atomic E-state index is 9.38. The summed E-state index contributed by atoms with van der Waals surface area (Å²) in [5.41, 5.74) is 8.20. The number of nitrogens with zero attached hydrogens (tertiary/aromatic N) is 6. The Balaban J connectivity index is 1.29. The Hall–Kier alpha value is -4.04. The van der Waals surface area contributed by atoms with E-state index in [0.29, 0.717) is 41.2 Å². The van der Waals surface area contributed by atoms with Crippen molar-refractivity contribution in [3.8, 4) is 17.3 Å². The van der Waals surface area contributed by atoms with Gasteiger partial charge in [0.15, 0.2) is 17.1 Å². The van der Waals surface area contributed by atoms with Crippen LogP contribution in [0.3, 0.4) is 0 Å². The van der Waals surface area contributed by atoms with Gasteiger partial charge < -0.3 is 35.3 Å². The summed E-state index contributed by atoms with van der Waals surface area (Å²) in [6.45, 7) is 0.566. The van der Waals surface area contributed by atoms with Gasteiger partial charge in [-0.05, 0) is 42.7 Å². The van der Waals surface area contributed by atoms with E-state index in [9.17, 15) is 10.2 Å². The Morgan fingerprint density at radius 3 is 2.59 bits per heavy atom. The van der Waals surface area contributed by atoms with Gasteiger partial charge in [0.2, 0.25) is 18.1 Å². The predicted molar refractivity (Wildman–Crippen MR) is 117 cm³/mol. The van der Waals surface area contributed by atoms with Crippen molar-refractivity contribution in [2.75, 3.05) is 5.73 Å². The number of aliphatic hydroxyl groups is 4. The van der Waals surface area contributed by atoms with Gasteiger partial charge in [0.1, 0.15) is 5.75 Å². The molecule has 34 heavy (non-hydrogen) atoms. The second kappa shape index (κ2) is 8.39. The molecule has 0 radical (unpaired) electrons. The van der Waals surface area contributed by atoms with Crippen molar-refractivity contribution < 1.29 is 29.6 Å².